The highest BCUT2D eigenvalue weighted by Gasteiger charge is 2.07. The molecule has 0 spiro atoms. The molecule has 5 nitrogen and oxygen atoms in total. The molecule has 2 aromatic carbocycles. The molecule has 0 aliphatic rings. The van der Waals surface area contributed by atoms with Gasteiger partial charge in [0, 0.05) is 0 Å². The molecule has 0 heterocycles. The molecule has 0 aliphatic heterocycles. The topological polar surface area (TPSA) is 67.8 Å². The minimum absolute atomic E-state index is 0.0611. The Labute approximate surface area is 156 Å². The molecule has 0 saturated carbocycles. The standard InChI is InChI=1S/C20H23F2NO4/c1-26-19-12-15(4-6-16(19)21)8-10-23-9-2-3-14-5-7-18(17(22)11-14)27-13-20(24)25/h4-7,11-12,23H,2-3,8-10,13H2,1H3,(H,24,25). The van der Waals surface area contributed by atoms with Crippen LogP contribution in [-0.2, 0) is 17.6 Å². The average Bonchev–Trinajstić information content (AvgIpc) is 2.64. The molecule has 2 aromatic rings. The van der Waals surface area contributed by atoms with Gasteiger partial charge in [-0.1, -0.05) is 12.1 Å². The van der Waals surface area contributed by atoms with Gasteiger partial charge in [-0.25, -0.2) is 13.6 Å². The third-order valence-electron chi connectivity index (χ3n) is 3.97. The van der Waals surface area contributed by atoms with Crippen LogP contribution in [-0.4, -0.2) is 37.9 Å². The fraction of sp³-hybridized carbons (Fsp3) is 0.350. The van der Waals surface area contributed by atoms with Gasteiger partial charge < -0.3 is 19.9 Å². The quantitative estimate of drug-likeness (QED) is 0.587. The first-order valence-corrected chi connectivity index (χ1v) is 8.65. The van der Waals surface area contributed by atoms with Gasteiger partial charge in [0.2, 0.25) is 0 Å². The highest BCUT2D eigenvalue weighted by molar-refractivity contribution is 5.68. The fourth-order valence-electron chi connectivity index (χ4n) is 2.59. The molecular formula is C20H23F2NO4. The van der Waals surface area contributed by atoms with Crippen LogP contribution in [0.1, 0.15) is 17.5 Å². The smallest absolute Gasteiger partial charge is 0.341 e. The molecule has 0 fully saturated rings. The van der Waals surface area contributed by atoms with Crippen LogP contribution in [0.25, 0.3) is 0 Å². The number of rotatable bonds is 11. The van der Waals surface area contributed by atoms with Gasteiger partial charge in [-0.3, -0.25) is 0 Å². The predicted molar refractivity (Wildman–Crippen MR) is 97.4 cm³/mol. The largest absolute Gasteiger partial charge is 0.494 e. The van der Waals surface area contributed by atoms with Crippen LogP contribution in [0.2, 0.25) is 0 Å². The van der Waals surface area contributed by atoms with Gasteiger partial charge in [0.05, 0.1) is 7.11 Å². The van der Waals surface area contributed by atoms with Crippen molar-refractivity contribution in [1.29, 1.82) is 0 Å². The van der Waals surface area contributed by atoms with Crippen molar-refractivity contribution in [1.82, 2.24) is 5.32 Å². The molecule has 0 aromatic heterocycles. The lowest BCUT2D eigenvalue weighted by molar-refractivity contribution is -0.139. The fourth-order valence-corrected chi connectivity index (χ4v) is 2.59. The van der Waals surface area contributed by atoms with Crippen LogP contribution in [0, 0.1) is 11.6 Å². The first-order chi connectivity index (χ1) is 13.0. The van der Waals surface area contributed by atoms with Gasteiger partial charge in [0.25, 0.3) is 0 Å². The molecule has 2 rings (SSSR count). The molecule has 2 N–H and O–H groups in total. The molecule has 146 valence electrons. The average molecular weight is 379 g/mol. The van der Waals surface area contributed by atoms with Crippen LogP contribution >= 0.6 is 0 Å². The number of aryl methyl sites for hydroxylation is 1. The van der Waals surface area contributed by atoms with Gasteiger partial charge in [0.15, 0.2) is 29.7 Å². The van der Waals surface area contributed by atoms with Crippen molar-refractivity contribution in [2.75, 3.05) is 26.8 Å². The maximum absolute atomic E-state index is 13.8. The molecule has 0 amide bonds. The summed E-state index contributed by atoms with van der Waals surface area (Å²) in [4.78, 5) is 10.4. The summed E-state index contributed by atoms with van der Waals surface area (Å²) in [5.41, 5.74) is 1.81. The molecule has 7 heteroatoms. The third kappa shape index (κ3) is 6.86. The zero-order valence-corrected chi connectivity index (χ0v) is 15.1. The van der Waals surface area contributed by atoms with Gasteiger partial charge in [-0.05, 0) is 67.7 Å². The van der Waals surface area contributed by atoms with Crippen molar-refractivity contribution < 1.29 is 28.2 Å². The van der Waals surface area contributed by atoms with E-state index in [1.165, 1.54) is 25.3 Å². The first-order valence-electron chi connectivity index (χ1n) is 8.65. The normalized spacial score (nSPS) is 10.6. The highest BCUT2D eigenvalue weighted by atomic mass is 19.1. The maximum atomic E-state index is 13.8. The van der Waals surface area contributed by atoms with Crippen molar-refractivity contribution in [3.8, 4) is 11.5 Å². The summed E-state index contributed by atoms with van der Waals surface area (Å²) in [7, 11) is 1.44. The summed E-state index contributed by atoms with van der Waals surface area (Å²) in [6.07, 6.45) is 2.26. The van der Waals surface area contributed by atoms with Crippen LogP contribution in [0.5, 0.6) is 11.5 Å². The van der Waals surface area contributed by atoms with E-state index in [9.17, 15) is 13.6 Å². The van der Waals surface area contributed by atoms with Crippen LogP contribution in [0.4, 0.5) is 8.78 Å². The molecule has 0 radical (unpaired) electrons. The number of hydrogen-bond acceptors (Lipinski definition) is 4. The van der Waals surface area contributed by atoms with E-state index in [0.29, 0.717) is 6.42 Å². The Balaban J connectivity index is 1.68. The van der Waals surface area contributed by atoms with Crippen molar-refractivity contribution in [2.24, 2.45) is 0 Å². The predicted octanol–water partition coefficient (Wildman–Crippen LogP) is 3.20. The van der Waals surface area contributed by atoms with E-state index < -0.39 is 18.4 Å². The lowest BCUT2D eigenvalue weighted by atomic mass is 10.1. The number of nitrogens with one attached hydrogen (secondary N) is 1. The Kier molecular flexibility index (Phi) is 8.00. The van der Waals surface area contributed by atoms with Crippen molar-refractivity contribution in [2.45, 2.75) is 19.3 Å². The van der Waals surface area contributed by atoms with E-state index in [0.717, 1.165) is 37.1 Å². The van der Waals surface area contributed by atoms with E-state index in [1.807, 2.05) is 0 Å². The number of carboxylic acids is 1. The zero-order chi connectivity index (χ0) is 19.6. The number of carbonyl (C=O) groups is 1. The maximum Gasteiger partial charge on any atom is 0.341 e. The Morgan fingerprint density at radius 2 is 1.74 bits per heavy atom. The van der Waals surface area contributed by atoms with Gasteiger partial charge in [0.1, 0.15) is 0 Å². The second-order valence-electron chi connectivity index (χ2n) is 6.02. The second-order valence-corrected chi connectivity index (χ2v) is 6.02. The molecule has 0 aliphatic carbocycles. The van der Waals surface area contributed by atoms with E-state index in [2.05, 4.69) is 5.32 Å². The minimum Gasteiger partial charge on any atom is -0.494 e. The molecule has 0 unspecified atom stereocenters. The number of methoxy groups -OCH3 is 1. The SMILES string of the molecule is COc1cc(CCNCCCc2ccc(OCC(=O)O)c(F)c2)ccc1F. The number of aliphatic carboxylic acids is 1. The Hall–Kier alpha value is -2.67. The Morgan fingerprint density at radius 1 is 1.00 bits per heavy atom. The Morgan fingerprint density at radius 3 is 2.44 bits per heavy atom. The van der Waals surface area contributed by atoms with Crippen LogP contribution in [0.3, 0.4) is 0 Å². The van der Waals surface area contributed by atoms with E-state index in [-0.39, 0.29) is 17.3 Å². The van der Waals surface area contributed by atoms with Gasteiger partial charge in [-0.2, -0.15) is 0 Å². The number of hydrogen-bond donors (Lipinski definition) is 2. The molecule has 27 heavy (non-hydrogen) atoms. The molecule has 0 atom stereocenters. The van der Waals surface area contributed by atoms with Crippen molar-refractivity contribution in [3.05, 3.63) is 59.2 Å². The number of ether oxygens (including phenoxy) is 2. The highest BCUT2D eigenvalue weighted by Crippen LogP contribution is 2.19. The molecular weight excluding hydrogens is 356 g/mol. The molecule has 0 bridgehead atoms. The summed E-state index contributed by atoms with van der Waals surface area (Å²) in [6.45, 7) is 0.933. The van der Waals surface area contributed by atoms with Crippen molar-refractivity contribution >= 4 is 5.97 Å². The number of carboxylic acid groups (broad SMARTS) is 1. The summed E-state index contributed by atoms with van der Waals surface area (Å²) >= 11 is 0. The van der Waals surface area contributed by atoms with Gasteiger partial charge >= 0.3 is 5.97 Å². The van der Waals surface area contributed by atoms with Crippen molar-refractivity contribution in [3.63, 3.8) is 0 Å². The lowest BCUT2D eigenvalue weighted by Crippen LogP contribution is -2.19. The zero-order valence-electron chi connectivity index (χ0n) is 15.1. The monoisotopic (exact) mass is 379 g/mol. The minimum atomic E-state index is -1.15. The molecule has 0 saturated heterocycles. The van der Waals surface area contributed by atoms with E-state index in [4.69, 9.17) is 14.6 Å². The third-order valence-corrected chi connectivity index (χ3v) is 3.97. The summed E-state index contributed by atoms with van der Waals surface area (Å²) in [5, 5.41) is 11.8. The Bertz CT molecular complexity index is 768. The van der Waals surface area contributed by atoms with Crippen LogP contribution in [0.15, 0.2) is 36.4 Å². The lowest BCUT2D eigenvalue weighted by Gasteiger charge is -2.08. The summed E-state index contributed by atoms with van der Waals surface area (Å²) in [6, 6.07) is 9.35. The number of benzene rings is 2. The van der Waals surface area contributed by atoms with E-state index in [1.54, 1.807) is 18.2 Å². The first kappa shape index (κ1) is 20.6. The second kappa shape index (κ2) is 10.5. The number of halogens is 2. The van der Waals surface area contributed by atoms with E-state index >= 15 is 0 Å². The van der Waals surface area contributed by atoms with Crippen LogP contribution < -0.4 is 14.8 Å². The summed E-state index contributed by atoms with van der Waals surface area (Å²) in [5.74, 6) is -1.91. The summed E-state index contributed by atoms with van der Waals surface area (Å²) < 4.78 is 37.0. The van der Waals surface area contributed by atoms with Gasteiger partial charge in [-0.15, -0.1) is 0 Å².